The van der Waals surface area contributed by atoms with E-state index in [0.29, 0.717) is 30.4 Å². The van der Waals surface area contributed by atoms with Crippen LogP contribution in [0.3, 0.4) is 0 Å². The van der Waals surface area contributed by atoms with Crippen LogP contribution in [0.2, 0.25) is 0 Å². The van der Waals surface area contributed by atoms with E-state index in [1.54, 1.807) is 19.1 Å². The summed E-state index contributed by atoms with van der Waals surface area (Å²) in [7, 11) is -2.93. The number of hydrogen-bond donors (Lipinski definition) is 1. The van der Waals surface area contributed by atoms with Crippen LogP contribution in [0.15, 0.2) is 40.8 Å². The van der Waals surface area contributed by atoms with Crippen LogP contribution in [-0.4, -0.2) is 32.6 Å². The molecular formula is C25H26O8S. The van der Waals surface area contributed by atoms with Crippen LogP contribution in [0, 0.1) is 19.8 Å². The van der Waals surface area contributed by atoms with E-state index in [9.17, 15) is 23.1 Å². The van der Waals surface area contributed by atoms with E-state index in [0.717, 1.165) is 11.1 Å². The predicted octanol–water partition coefficient (Wildman–Crippen LogP) is 3.89. The highest BCUT2D eigenvalue weighted by atomic mass is 32.2. The molecule has 8 nitrogen and oxygen atoms in total. The molecule has 0 saturated heterocycles. The molecule has 34 heavy (non-hydrogen) atoms. The van der Waals surface area contributed by atoms with Crippen LogP contribution in [0.25, 0.3) is 0 Å². The van der Waals surface area contributed by atoms with Gasteiger partial charge in [0.2, 0.25) is 0 Å². The second-order valence-corrected chi connectivity index (χ2v) is 10.1. The minimum atomic E-state index is -4.29. The van der Waals surface area contributed by atoms with Gasteiger partial charge in [-0.15, -0.1) is 0 Å². The Kier molecular flexibility index (Phi) is 6.40. The van der Waals surface area contributed by atoms with Gasteiger partial charge in [0.25, 0.3) is 0 Å². The zero-order chi connectivity index (χ0) is 24.6. The third-order valence-corrected chi connectivity index (χ3v) is 7.64. The number of carbonyl (C=O) groups is 2. The van der Waals surface area contributed by atoms with E-state index in [4.69, 9.17) is 13.7 Å². The molecule has 0 bridgehead atoms. The lowest BCUT2D eigenvalue weighted by Gasteiger charge is -2.17. The molecule has 1 heterocycles. The summed E-state index contributed by atoms with van der Waals surface area (Å²) >= 11 is 0. The number of fused-ring (bicyclic) bond motifs is 1. The largest absolute Gasteiger partial charge is 0.507 e. The summed E-state index contributed by atoms with van der Waals surface area (Å²) in [5.41, 5.74) is 2.90. The van der Waals surface area contributed by atoms with Gasteiger partial charge in [0.1, 0.15) is 22.8 Å². The van der Waals surface area contributed by atoms with E-state index >= 15 is 0 Å². The van der Waals surface area contributed by atoms with Crippen molar-refractivity contribution in [2.75, 3.05) is 7.11 Å². The number of esters is 2. The van der Waals surface area contributed by atoms with Crippen molar-refractivity contribution in [1.82, 2.24) is 0 Å². The Hall–Kier alpha value is -3.33. The van der Waals surface area contributed by atoms with Crippen LogP contribution in [0.4, 0.5) is 0 Å². The number of aromatic hydroxyl groups is 1. The van der Waals surface area contributed by atoms with E-state index < -0.39 is 16.1 Å². The highest BCUT2D eigenvalue weighted by molar-refractivity contribution is 7.87. The quantitative estimate of drug-likeness (QED) is 0.371. The average molecular weight is 487 g/mol. The molecule has 0 spiro atoms. The van der Waals surface area contributed by atoms with Crippen molar-refractivity contribution in [2.45, 2.75) is 51.0 Å². The molecule has 1 unspecified atom stereocenters. The van der Waals surface area contributed by atoms with Crippen LogP contribution in [0.5, 0.6) is 11.5 Å². The molecule has 1 aliphatic heterocycles. The Morgan fingerprint density at radius 1 is 1.24 bits per heavy atom. The second kappa shape index (κ2) is 9.13. The standard InChI is InChI=1S/C25H26O8S/c1-14-4-9-18(10-5-14)34(29,30)33-23-19(11-7-16-6-8-17(12-16)24(27)31-3)22(26)15(2)20-13-32-25(28)21(20)23/h4-5,7,9-10,17,26H,6,8,11-13H2,1-3H3. The minimum absolute atomic E-state index is 0.0123. The number of hydrogen-bond acceptors (Lipinski definition) is 8. The maximum atomic E-state index is 13.1. The number of allylic oxidation sites excluding steroid dienone is 2. The monoisotopic (exact) mass is 486 g/mol. The first-order valence-electron chi connectivity index (χ1n) is 10.9. The number of rotatable bonds is 6. The van der Waals surface area contributed by atoms with Gasteiger partial charge in [-0.25, -0.2) is 4.79 Å². The fourth-order valence-corrected chi connectivity index (χ4v) is 5.35. The maximum absolute atomic E-state index is 13.1. The smallest absolute Gasteiger partial charge is 0.342 e. The van der Waals surface area contributed by atoms with Crippen molar-refractivity contribution in [3.63, 3.8) is 0 Å². The van der Waals surface area contributed by atoms with E-state index in [1.165, 1.54) is 19.2 Å². The minimum Gasteiger partial charge on any atom is -0.507 e. The molecule has 1 atom stereocenters. The van der Waals surface area contributed by atoms with Crippen molar-refractivity contribution in [2.24, 2.45) is 5.92 Å². The highest BCUT2D eigenvalue weighted by Gasteiger charge is 2.35. The zero-order valence-corrected chi connectivity index (χ0v) is 20.0. The molecule has 0 radical (unpaired) electrons. The van der Waals surface area contributed by atoms with Gasteiger partial charge in [-0.1, -0.05) is 29.3 Å². The van der Waals surface area contributed by atoms with Gasteiger partial charge in [0.15, 0.2) is 5.75 Å². The van der Waals surface area contributed by atoms with Gasteiger partial charge in [-0.2, -0.15) is 8.42 Å². The van der Waals surface area contributed by atoms with Gasteiger partial charge in [-0.05, 0) is 57.2 Å². The summed E-state index contributed by atoms with van der Waals surface area (Å²) in [5, 5.41) is 10.9. The number of ether oxygens (including phenoxy) is 2. The van der Waals surface area contributed by atoms with E-state index in [2.05, 4.69) is 0 Å². The molecule has 2 aromatic carbocycles. The molecule has 2 aliphatic rings. The van der Waals surface area contributed by atoms with Crippen molar-refractivity contribution >= 4 is 22.1 Å². The Bertz CT molecular complexity index is 1290. The van der Waals surface area contributed by atoms with E-state index in [-0.39, 0.29) is 52.4 Å². The topological polar surface area (TPSA) is 116 Å². The number of aryl methyl sites for hydroxylation is 1. The first kappa shape index (κ1) is 23.8. The summed E-state index contributed by atoms with van der Waals surface area (Å²) in [5.74, 6) is -1.56. The average Bonchev–Trinajstić information content (AvgIpc) is 3.43. The zero-order valence-electron chi connectivity index (χ0n) is 19.2. The number of phenols is 1. The van der Waals surface area contributed by atoms with Crippen LogP contribution >= 0.6 is 0 Å². The summed E-state index contributed by atoms with van der Waals surface area (Å²) in [4.78, 5) is 24.3. The molecule has 0 aromatic heterocycles. The lowest BCUT2D eigenvalue weighted by Crippen LogP contribution is -2.14. The van der Waals surface area contributed by atoms with E-state index in [1.807, 2.05) is 13.0 Å². The van der Waals surface area contributed by atoms with Crippen molar-refractivity contribution < 1.29 is 36.8 Å². The third kappa shape index (κ3) is 4.40. The SMILES string of the molecule is COC(=O)C1CCC(=CCc2c(O)c(C)c3c(c2OS(=O)(=O)c2ccc(C)cc2)C(=O)OC3)C1. The Morgan fingerprint density at radius 2 is 1.94 bits per heavy atom. The Labute approximate surface area is 198 Å². The second-order valence-electron chi connectivity index (χ2n) is 8.59. The lowest BCUT2D eigenvalue weighted by molar-refractivity contribution is -0.145. The summed E-state index contributed by atoms with van der Waals surface area (Å²) in [6.45, 7) is 3.40. The molecule has 9 heteroatoms. The Balaban J connectivity index is 1.75. The van der Waals surface area contributed by atoms with Crippen LogP contribution < -0.4 is 4.18 Å². The molecular weight excluding hydrogens is 460 g/mol. The normalized spacial score (nSPS) is 18.6. The molecule has 4 rings (SSSR count). The van der Waals surface area contributed by atoms with Gasteiger partial charge in [-0.3, -0.25) is 4.79 Å². The van der Waals surface area contributed by atoms with Crippen LogP contribution in [0.1, 0.15) is 51.9 Å². The number of methoxy groups -OCH3 is 1. The molecule has 1 aliphatic carbocycles. The first-order chi connectivity index (χ1) is 16.1. The van der Waals surface area contributed by atoms with Crippen molar-refractivity contribution in [3.05, 3.63) is 63.7 Å². The van der Waals surface area contributed by atoms with Gasteiger partial charge in [0, 0.05) is 11.1 Å². The van der Waals surface area contributed by atoms with Gasteiger partial charge in [0.05, 0.1) is 13.0 Å². The lowest BCUT2D eigenvalue weighted by atomic mass is 9.95. The van der Waals surface area contributed by atoms with Crippen molar-refractivity contribution in [1.29, 1.82) is 0 Å². The Morgan fingerprint density at radius 3 is 2.62 bits per heavy atom. The number of phenolic OH excluding ortho intramolecular Hbond substituents is 1. The summed E-state index contributed by atoms with van der Waals surface area (Å²) in [6, 6.07) is 6.13. The molecule has 1 N–H and O–H groups in total. The van der Waals surface area contributed by atoms with Crippen molar-refractivity contribution in [3.8, 4) is 11.5 Å². The highest BCUT2D eigenvalue weighted by Crippen LogP contribution is 2.44. The maximum Gasteiger partial charge on any atom is 0.342 e. The molecule has 2 aromatic rings. The molecule has 180 valence electrons. The molecule has 1 fully saturated rings. The number of carbonyl (C=O) groups excluding carboxylic acids is 2. The third-order valence-electron chi connectivity index (χ3n) is 6.40. The van der Waals surface area contributed by atoms with Gasteiger partial charge >= 0.3 is 22.1 Å². The van der Waals surface area contributed by atoms with Crippen LogP contribution in [-0.2, 0) is 37.4 Å². The fourth-order valence-electron chi connectivity index (χ4n) is 4.38. The van der Waals surface area contributed by atoms with Gasteiger partial charge < -0.3 is 18.8 Å². The number of benzene rings is 2. The fraction of sp³-hybridized carbons (Fsp3) is 0.360. The predicted molar refractivity (Wildman–Crippen MR) is 122 cm³/mol. The summed E-state index contributed by atoms with van der Waals surface area (Å²) < 4.78 is 41.6. The molecule has 0 amide bonds. The number of cyclic esters (lactones) is 1. The first-order valence-corrected chi connectivity index (χ1v) is 12.3. The molecule has 1 saturated carbocycles. The summed E-state index contributed by atoms with van der Waals surface area (Å²) in [6.07, 6.45) is 3.83.